The molecule has 1 aliphatic rings. The van der Waals surface area contributed by atoms with Crippen molar-refractivity contribution < 1.29 is 19.1 Å². The minimum atomic E-state index is -0.367. The Kier molecular flexibility index (Phi) is 33.4. The van der Waals surface area contributed by atoms with Gasteiger partial charge in [0.15, 0.2) is 0 Å². The summed E-state index contributed by atoms with van der Waals surface area (Å²) in [5.41, 5.74) is 0. The topological polar surface area (TPSA) is 55.8 Å². The fraction of sp³-hybridized carbons (Fsp3) is 0.953. The number of carbonyl (C=O) groups is 2. The highest BCUT2D eigenvalue weighted by Gasteiger charge is 2.12. The average Bonchev–Trinajstić information content (AvgIpc) is 3.07. The van der Waals surface area contributed by atoms with Crippen LogP contribution in [0.1, 0.15) is 232 Å². The molecular formula is C43H83NO4. The number of hydrogen-bond donors (Lipinski definition) is 0. The standard InChI is InChI=1S/C43H83NO4/c1-3-4-5-6-7-8-9-10-11-12-17-22-27-32-37-44-38-33-28-23-18-13-15-20-25-30-35-42(45)47-40-41(2)48-43(46)36-31-26-21-16-14-19-24-29-34-39-44/h41H,3-40H2,1-2H3. The quantitative estimate of drug-likeness (QED) is 0.127. The van der Waals surface area contributed by atoms with Crippen LogP contribution in [0.15, 0.2) is 0 Å². The highest BCUT2D eigenvalue weighted by molar-refractivity contribution is 5.70. The summed E-state index contributed by atoms with van der Waals surface area (Å²) in [5, 5.41) is 0. The number of cyclic esters (lactones) is 2. The third-order valence-corrected chi connectivity index (χ3v) is 10.4. The van der Waals surface area contributed by atoms with Crippen molar-refractivity contribution in [3.63, 3.8) is 0 Å². The molecule has 48 heavy (non-hydrogen) atoms. The molecule has 0 spiro atoms. The van der Waals surface area contributed by atoms with Crippen LogP contribution in [-0.4, -0.2) is 49.2 Å². The van der Waals surface area contributed by atoms with Crippen molar-refractivity contribution in [2.45, 2.75) is 238 Å². The van der Waals surface area contributed by atoms with Gasteiger partial charge in [0, 0.05) is 12.8 Å². The van der Waals surface area contributed by atoms with E-state index in [4.69, 9.17) is 9.47 Å². The molecule has 1 atom stereocenters. The van der Waals surface area contributed by atoms with E-state index >= 15 is 0 Å². The molecule has 0 aromatic rings. The van der Waals surface area contributed by atoms with Gasteiger partial charge in [-0.3, -0.25) is 9.59 Å². The van der Waals surface area contributed by atoms with Gasteiger partial charge in [-0.05, 0) is 58.7 Å². The smallest absolute Gasteiger partial charge is 0.306 e. The van der Waals surface area contributed by atoms with Gasteiger partial charge >= 0.3 is 11.9 Å². The van der Waals surface area contributed by atoms with Crippen LogP contribution in [0, 0.1) is 0 Å². The van der Waals surface area contributed by atoms with Crippen LogP contribution in [-0.2, 0) is 19.1 Å². The first-order valence-corrected chi connectivity index (χ1v) is 21.7. The molecule has 1 heterocycles. The van der Waals surface area contributed by atoms with Crippen molar-refractivity contribution in [3.05, 3.63) is 0 Å². The van der Waals surface area contributed by atoms with Crippen LogP contribution in [0.25, 0.3) is 0 Å². The first kappa shape index (κ1) is 44.9. The predicted octanol–water partition coefficient (Wildman–Crippen LogP) is 13.1. The molecule has 1 unspecified atom stereocenters. The summed E-state index contributed by atoms with van der Waals surface area (Å²) in [6.07, 6.45) is 43.0. The summed E-state index contributed by atoms with van der Waals surface area (Å²) in [6.45, 7) is 8.17. The number of ether oxygens (including phenoxy) is 2. The highest BCUT2D eigenvalue weighted by atomic mass is 16.6. The maximum absolute atomic E-state index is 12.1. The van der Waals surface area contributed by atoms with Crippen molar-refractivity contribution in [1.29, 1.82) is 0 Å². The van der Waals surface area contributed by atoms with Gasteiger partial charge in [-0.2, -0.15) is 0 Å². The van der Waals surface area contributed by atoms with Crippen LogP contribution in [0.4, 0.5) is 0 Å². The van der Waals surface area contributed by atoms with Gasteiger partial charge in [0.05, 0.1) is 0 Å². The number of esters is 2. The molecule has 284 valence electrons. The zero-order valence-corrected chi connectivity index (χ0v) is 32.5. The first-order valence-electron chi connectivity index (χ1n) is 21.7. The number of hydrogen-bond acceptors (Lipinski definition) is 5. The maximum atomic E-state index is 12.1. The third-order valence-electron chi connectivity index (χ3n) is 10.4. The van der Waals surface area contributed by atoms with Crippen molar-refractivity contribution in [1.82, 2.24) is 4.90 Å². The molecule has 0 aliphatic carbocycles. The summed E-state index contributed by atoms with van der Waals surface area (Å²) in [7, 11) is 0. The Morgan fingerprint density at radius 2 is 0.833 bits per heavy atom. The number of rotatable bonds is 15. The van der Waals surface area contributed by atoms with Crippen molar-refractivity contribution >= 4 is 11.9 Å². The molecule has 1 rings (SSSR count). The van der Waals surface area contributed by atoms with Crippen molar-refractivity contribution in [2.24, 2.45) is 0 Å². The highest BCUT2D eigenvalue weighted by Crippen LogP contribution is 2.16. The van der Waals surface area contributed by atoms with Gasteiger partial charge in [-0.25, -0.2) is 0 Å². The van der Waals surface area contributed by atoms with E-state index in [-0.39, 0.29) is 24.6 Å². The van der Waals surface area contributed by atoms with Gasteiger partial charge in [-0.15, -0.1) is 0 Å². The summed E-state index contributed by atoms with van der Waals surface area (Å²) in [6, 6.07) is 0. The Bertz CT molecular complexity index is 698. The lowest BCUT2D eigenvalue weighted by Gasteiger charge is -2.22. The van der Waals surface area contributed by atoms with E-state index in [0.717, 1.165) is 25.7 Å². The molecule has 1 saturated heterocycles. The molecule has 1 fully saturated rings. The van der Waals surface area contributed by atoms with Gasteiger partial charge < -0.3 is 14.4 Å². The lowest BCUT2D eigenvalue weighted by molar-refractivity contribution is -0.158. The van der Waals surface area contributed by atoms with Gasteiger partial charge in [0.2, 0.25) is 0 Å². The summed E-state index contributed by atoms with van der Waals surface area (Å²) < 4.78 is 10.8. The molecule has 0 aromatic heterocycles. The minimum Gasteiger partial charge on any atom is -0.462 e. The second kappa shape index (κ2) is 35.7. The molecule has 0 amide bonds. The van der Waals surface area contributed by atoms with E-state index in [1.165, 1.54) is 199 Å². The summed E-state index contributed by atoms with van der Waals surface area (Å²) >= 11 is 0. The molecule has 0 aromatic carbocycles. The fourth-order valence-corrected chi connectivity index (χ4v) is 7.15. The predicted molar refractivity (Wildman–Crippen MR) is 206 cm³/mol. The average molecular weight is 678 g/mol. The van der Waals surface area contributed by atoms with E-state index in [1.54, 1.807) is 0 Å². The Labute approximate surface area is 299 Å². The van der Waals surface area contributed by atoms with Crippen LogP contribution in [0.2, 0.25) is 0 Å². The Morgan fingerprint density at radius 1 is 0.479 bits per heavy atom. The largest absolute Gasteiger partial charge is 0.462 e. The lowest BCUT2D eigenvalue weighted by atomic mass is 10.0. The number of nitrogens with zero attached hydrogens (tertiary/aromatic N) is 1. The molecule has 5 nitrogen and oxygen atoms in total. The van der Waals surface area contributed by atoms with Crippen molar-refractivity contribution in [3.8, 4) is 0 Å². The Morgan fingerprint density at radius 3 is 1.27 bits per heavy atom. The number of carbonyl (C=O) groups excluding carboxylic acids is 2. The molecule has 0 bridgehead atoms. The van der Waals surface area contributed by atoms with E-state index in [1.807, 2.05) is 6.92 Å². The maximum Gasteiger partial charge on any atom is 0.306 e. The Hall–Kier alpha value is -1.10. The van der Waals surface area contributed by atoms with Gasteiger partial charge in [0.1, 0.15) is 12.7 Å². The zero-order chi connectivity index (χ0) is 34.6. The van der Waals surface area contributed by atoms with Crippen molar-refractivity contribution in [2.75, 3.05) is 26.2 Å². The van der Waals surface area contributed by atoms with Gasteiger partial charge in [-0.1, -0.05) is 180 Å². The van der Waals surface area contributed by atoms with E-state index in [0.29, 0.717) is 12.8 Å². The molecule has 0 N–H and O–H groups in total. The lowest BCUT2D eigenvalue weighted by Crippen LogP contribution is -2.27. The molecule has 1 aliphatic heterocycles. The summed E-state index contributed by atoms with van der Waals surface area (Å²) in [5.74, 6) is -0.332. The molecule has 0 radical (unpaired) electrons. The van der Waals surface area contributed by atoms with E-state index in [2.05, 4.69) is 11.8 Å². The van der Waals surface area contributed by atoms with Crippen LogP contribution in [0.5, 0.6) is 0 Å². The monoisotopic (exact) mass is 678 g/mol. The normalized spacial score (nSPS) is 21.0. The fourth-order valence-electron chi connectivity index (χ4n) is 7.15. The van der Waals surface area contributed by atoms with E-state index < -0.39 is 0 Å². The van der Waals surface area contributed by atoms with E-state index in [9.17, 15) is 9.59 Å². The third kappa shape index (κ3) is 32.1. The van der Waals surface area contributed by atoms with Crippen LogP contribution >= 0.6 is 0 Å². The molecule has 5 heteroatoms. The minimum absolute atomic E-state index is 0.166. The zero-order valence-electron chi connectivity index (χ0n) is 32.5. The Balaban J connectivity index is 2.27. The van der Waals surface area contributed by atoms with Crippen LogP contribution in [0.3, 0.4) is 0 Å². The molecular weight excluding hydrogens is 594 g/mol. The summed E-state index contributed by atoms with van der Waals surface area (Å²) in [4.78, 5) is 27.0. The second-order valence-corrected chi connectivity index (χ2v) is 15.3. The number of unbranched alkanes of at least 4 members (excludes halogenated alkanes) is 13. The first-order chi connectivity index (χ1) is 23.6. The van der Waals surface area contributed by atoms with Crippen LogP contribution < -0.4 is 0 Å². The van der Waals surface area contributed by atoms with Gasteiger partial charge in [0.25, 0.3) is 0 Å². The second-order valence-electron chi connectivity index (χ2n) is 15.3. The SMILES string of the molecule is CCCCCCCCCCCCCCCCN1CCCCCCCCCCCC(=O)OCC(C)OC(=O)CCCCCCCCCCC1. The molecule has 0 saturated carbocycles.